The van der Waals surface area contributed by atoms with Crippen LogP contribution in [0.25, 0.3) is 0 Å². The van der Waals surface area contributed by atoms with E-state index in [4.69, 9.17) is 10.5 Å². The number of benzene rings is 1. The summed E-state index contributed by atoms with van der Waals surface area (Å²) in [7, 11) is 0. The van der Waals surface area contributed by atoms with Crippen LogP contribution in [0, 0.1) is 0 Å². The highest BCUT2D eigenvalue weighted by Crippen LogP contribution is 2.28. The second-order valence-corrected chi connectivity index (χ2v) is 3.48. The number of ether oxygens (including phenoxy) is 1. The molecule has 0 aromatic heterocycles. The van der Waals surface area contributed by atoms with Gasteiger partial charge in [-0.25, -0.2) is 0 Å². The van der Waals surface area contributed by atoms with E-state index in [0.29, 0.717) is 0 Å². The number of rotatable bonds is 2. The standard InChI is InChI=1S/C11H15NO/c1-2-10(12)8-3-4-11-9(7-8)5-6-13-11/h3-4,7,10H,2,5-6,12H2,1H3/t10-/m0/s1. The van der Waals surface area contributed by atoms with Crippen LogP contribution in [0.2, 0.25) is 0 Å². The first-order valence-corrected chi connectivity index (χ1v) is 4.82. The maximum absolute atomic E-state index is 5.95. The Morgan fingerprint density at radius 2 is 2.38 bits per heavy atom. The summed E-state index contributed by atoms with van der Waals surface area (Å²) in [5.41, 5.74) is 8.48. The highest BCUT2D eigenvalue weighted by molar-refractivity contribution is 5.40. The first-order valence-electron chi connectivity index (χ1n) is 4.82. The van der Waals surface area contributed by atoms with E-state index in [9.17, 15) is 0 Å². The minimum atomic E-state index is 0.172. The highest BCUT2D eigenvalue weighted by Gasteiger charge is 2.13. The first kappa shape index (κ1) is 8.57. The number of hydrogen-bond acceptors (Lipinski definition) is 2. The molecule has 1 atom stereocenters. The Morgan fingerprint density at radius 1 is 1.54 bits per heavy atom. The summed E-state index contributed by atoms with van der Waals surface area (Å²) in [5, 5.41) is 0. The SMILES string of the molecule is CC[C@H](N)c1ccc2c(c1)CCO2. The molecule has 0 unspecified atom stereocenters. The fourth-order valence-corrected chi connectivity index (χ4v) is 1.67. The summed E-state index contributed by atoms with van der Waals surface area (Å²) in [4.78, 5) is 0. The molecule has 70 valence electrons. The molecule has 1 aliphatic heterocycles. The van der Waals surface area contributed by atoms with Crippen molar-refractivity contribution in [3.63, 3.8) is 0 Å². The smallest absolute Gasteiger partial charge is 0.122 e. The summed E-state index contributed by atoms with van der Waals surface area (Å²) in [5.74, 6) is 1.03. The van der Waals surface area contributed by atoms with Crippen LogP contribution >= 0.6 is 0 Å². The van der Waals surface area contributed by atoms with Gasteiger partial charge in [-0.2, -0.15) is 0 Å². The van der Waals surface area contributed by atoms with Crippen LogP contribution in [-0.2, 0) is 6.42 Å². The molecule has 2 rings (SSSR count). The molecule has 2 nitrogen and oxygen atoms in total. The largest absolute Gasteiger partial charge is 0.493 e. The van der Waals surface area contributed by atoms with E-state index in [1.165, 1.54) is 11.1 Å². The molecule has 0 aliphatic carbocycles. The second kappa shape index (κ2) is 3.38. The molecule has 0 radical (unpaired) electrons. The van der Waals surface area contributed by atoms with Crippen molar-refractivity contribution >= 4 is 0 Å². The van der Waals surface area contributed by atoms with E-state index in [1.807, 2.05) is 6.07 Å². The Morgan fingerprint density at radius 3 is 3.15 bits per heavy atom. The summed E-state index contributed by atoms with van der Waals surface area (Å²) < 4.78 is 5.43. The minimum absolute atomic E-state index is 0.172. The lowest BCUT2D eigenvalue weighted by Crippen LogP contribution is -2.08. The van der Waals surface area contributed by atoms with Crippen molar-refractivity contribution in [1.29, 1.82) is 0 Å². The molecule has 13 heavy (non-hydrogen) atoms. The highest BCUT2D eigenvalue weighted by atomic mass is 16.5. The van der Waals surface area contributed by atoms with Crippen molar-refractivity contribution < 1.29 is 4.74 Å². The maximum Gasteiger partial charge on any atom is 0.122 e. The van der Waals surface area contributed by atoms with Crippen LogP contribution in [0.15, 0.2) is 18.2 Å². The molecular weight excluding hydrogens is 162 g/mol. The van der Waals surface area contributed by atoms with Gasteiger partial charge in [0.1, 0.15) is 5.75 Å². The van der Waals surface area contributed by atoms with E-state index in [2.05, 4.69) is 19.1 Å². The van der Waals surface area contributed by atoms with Gasteiger partial charge in [0, 0.05) is 12.5 Å². The molecule has 1 heterocycles. The Balaban J connectivity index is 2.30. The second-order valence-electron chi connectivity index (χ2n) is 3.48. The predicted octanol–water partition coefficient (Wildman–Crippen LogP) is 2.03. The van der Waals surface area contributed by atoms with Crippen LogP contribution in [0.1, 0.15) is 30.5 Å². The van der Waals surface area contributed by atoms with Crippen molar-refractivity contribution in [3.8, 4) is 5.75 Å². The Kier molecular flexibility index (Phi) is 2.23. The molecule has 0 saturated heterocycles. The van der Waals surface area contributed by atoms with Crippen LogP contribution in [-0.4, -0.2) is 6.61 Å². The zero-order valence-electron chi connectivity index (χ0n) is 7.92. The van der Waals surface area contributed by atoms with Gasteiger partial charge in [0.15, 0.2) is 0 Å². The van der Waals surface area contributed by atoms with Gasteiger partial charge in [-0.05, 0) is 23.6 Å². The molecule has 0 spiro atoms. The summed E-state index contributed by atoms with van der Waals surface area (Å²) in [6.07, 6.45) is 2.01. The zero-order valence-corrected chi connectivity index (χ0v) is 7.92. The van der Waals surface area contributed by atoms with Crippen LogP contribution < -0.4 is 10.5 Å². The predicted molar refractivity (Wildman–Crippen MR) is 52.9 cm³/mol. The van der Waals surface area contributed by atoms with Crippen molar-refractivity contribution in [3.05, 3.63) is 29.3 Å². The molecule has 0 bridgehead atoms. The third-order valence-corrected chi connectivity index (χ3v) is 2.58. The molecular formula is C11H15NO. The number of hydrogen-bond donors (Lipinski definition) is 1. The normalized spacial score (nSPS) is 16.5. The minimum Gasteiger partial charge on any atom is -0.493 e. The molecule has 1 aromatic carbocycles. The van der Waals surface area contributed by atoms with Gasteiger partial charge in [-0.15, -0.1) is 0 Å². The molecule has 1 aliphatic rings. The zero-order chi connectivity index (χ0) is 9.26. The van der Waals surface area contributed by atoms with Crippen LogP contribution in [0.3, 0.4) is 0 Å². The van der Waals surface area contributed by atoms with Crippen molar-refractivity contribution in [1.82, 2.24) is 0 Å². The van der Waals surface area contributed by atoms with Crippen LogP contribution in [0.5, 0.6) is 5.75 Å². The van der Waals surface area contributed by atoms with Crippen LogP contribution in [0.4, 0.5) is 0 Å². The molecule has 0 fully saturated rings. The van der Waals surface area contributed by atoms with Gasteiger partial charge in [0.2, 0.25) is 0 Å². The third kappa shape index (κ3) is 1.54. The lowest BCUT2D eigenvalue weighted by molar-refractivity contribution is 0.357. The van der Waals surface area contributed by atoms with Gasteiger partial charge in [-0.3, -0.25) is 0 Å². The number of nitrogens with two attached hydrogens (primary N) is 1. The summed E-state index contributed by atoms with van der Waals surface area (Å²) in [6.45, 7) is 2.93. The lowest BCUT2D eigenvalue weighted by Gasteiger charge is -2.09. The maximum atomic E-state index is 5.95. The monoisotopic (exact) mass is 177 g/mol. The van der Waals surface area contributed by atoms with E-state index < -0.39 is 0 Å². The molecule has 2 heteroatoms. The molecule has 1 aromatic rings. The molecule has 0 saturated carbocycles. The van der Waals surface area contributed by atoms with E-state index in [0.717, 1.165) is 25.2 Å². The van der Waals surface area contributed by atoms with Gasteiger partial charge < -0.3 is 10.5 Å². The van der Waals surface area contributed by atoms with Gasteiger partial charge >= 0.3 is 0 Å². The molecule has 2 N–H and O–H groups in total. The topological polar surface area (TPSA) is 35.2 Å². The van der Waals surface area contributed by atoms with Gasteiger partial charge in [-0.1, -0.05) is 19.1 Å². The van der Waals surface area contributed by atoms with Gasteiger partial charge in [0.25, 0.3) is 0 Å². The van der Waals surface area contributed by atoms with E-state index in [-0.39, 0.29) is 6.04 Å². The van der Waals surface area contributed by atoms with Crippen molar-refractivity contribution in [2.75, 3.05) is 6.61 Å². The number of fused-ring (bicyclic) bond motifs is 1. The quantitative estimate of drug-likeness (QED) is 0.750. The Labute approximate surface area is 78.7 Å². The summed E-state index contributed by atoms with van der Waals surface area (Å²) in [6, 6.07) is 6.45. The fraction of sp³-hybridized carbons (Fsp3) is 0.455. The first-order chi connectivity index (χ1) is 6.31. The average Bonchev–Trinajstić information content (AvgIpc) is 2.63. The average molecular weight is 177 g/mol. The lowest BCUT2D eigenvalue weighted by atomic mass is 10.0. The van der Waals surface area contributed by atoms with Gasteiger partial charge in [0.05, 0.1) is 6.61 Å². The van der Waals surface area contributed by atoms with Crippen molar-refractivity contribution in [2.24, 2.45) is 5.73 Å². The Bertz CT molecular complexity index is 309. The van der Waals surface area contributed by atoms with Crippen molar-refractivity contribution in [2.45, 2.75) is 25.8 Å². The Hall–Kier alpha value is -1.02. The fourth-order valence-electron chi connectivity index (χ4n) is 1.67. The molecule has 0 amide bonds. The van der Waals surface area contributed by atoms with E-state index in [1.54, 1.807) is 0 Å². The summed E-state index contributed by atoms with van der Waals surface area (Å²) >= 11 is 0. The van der Waals surface area contributed by atoms with E-state index >= 15 is 0 Å². The third-order valence-electron chi connectivity index (χ3n) is 2.58.